The summed E-state index contributed by atoms with van der Waals surface area (Å²) in [4.78, 5) is 17.6. The standard InChI is InChI=1S/C25H31N3O/c1-7-26-21-11-8-18(14-16(21)2)17(3)27-24(29)20-9-12-22-19(15-20)10-13-23(28-22)25(4,5)6/h8-15,17,26H,7H2,1-6H3,(H,27,29)/t17-/m1/s1. The van der Waals surface area contributed by atoms with Crippen molar-refractivity contribution >= 4 is 22.5 Å². The van der Waals surface area contributed by atoms with Crippen LogP contribution in [-0.4, -0.2) is 17.4 Å². The summed E-state index contributed by atoms with van der Waals surface area (Å²) in [5.41, 5.74) is 6.01. The number of rotatable bonds is 5. The van der Waals surface area contributed by atoms with Crippen LogP contribution in [0.15, 0.2) is 48.5 Å². The summed E-state index contributed by atoms with van der Waals surface area (Å²) in [6, 6.07) is 16.0. The number of nitrogens with zero attached hydrogens (tertiary/aromatic N) is 1. The third-order valence-electron chi connectivity index (χ3n) is 5.19. The van der Waals surface area contributed by atoms with Crippen LogP contribution < -0.4 is 10.6 Å². The molecule has 3 aromatic rings. The zero-order valence-electron chi connectivity index (χ0n) is 18.3. The average molecular weight is 390 g/mol. The Labute approximate surface area is 173 Å². The minimum atomic E-state index is -0.0762. The van der Waals surface area contributed by atoms with E-state index in [9.17, 15) is 4.79 Å². The Bertz CT molecular complexity index is 1030. The Morgan fingerprint density at radius 3 is 2.48 bits per heavy atom. The summed E-state index contributed by atoms with van der Waals surface area (Å²) in [5.74, 6) is -0.0762. The van der Waals surface area contributed by atoms with Crippen LogP contribution in [0.3, 0.4) is 0 Å². The summed E-state index contributed by atoms with van der Waals surface area (Å²) in [6.07, 6.45) is 0. The van der Waals surface area contributed by atoms with Crippen molar-refractivity contribution in [3.8, 4) is 0 Å². The van der Waals surface area contributed by atoms with E-state index in [1.54, 1.807) is 0 Å². The number of fused-ring (bicyclic) bond motifs is 1. The second-order valence-electron chi connectivity index (χ2n) is 8.65. The van der Waals surface area contributed by atoms with Gasteiger partial charge in [-0.2, -0.15) is 0 Å². The first kappa shape index (κ1) is 20.8. The summed E-state index contributed by atoms with van der Waals surface area (Å²) in [6.45, 7) is 13.5. The summed E-state index contributed by atoms with van der Waals surface area (Å²) < 4.78 is 0. The van der Waals surface area contributed by atoms with E-state index in [1.165, 1.54) is 5.56 Å². The van der Waals surface area contributed by atoms with Crippen LogP contribution in [0.5, 0.6) is 0 Å². The highest BCUT2D eigenvalue weighted by Gasteiger charge is 2.17. The number of carbonyl (C=O) groups is 1. The van der Waals surface area contributed by atoms with E-state index < -0.39 is 0 Å². The van der Waals surface area contributed by atoms with Gasteiger partial charge in [0, 0.05) is 34.3 Å². The molecule has 4 heteroatoms. The van der Waals surface area contributed by atoms with Crippen molar-refractivity contribution in [3.05, 3.63) is 70.9 Å². The summed E-state index contributed by atoms with van der Waals surface area (Å²) in [7, 11) is 0. The van der Waals surface area contributed by atoms with E-state index in [2.05, 4.69) is 63.5 Å². The van der Waals surface area contributed by atoms with Crippen molar-refractivity contribution in [1.29, 1.82) is 0 Å². The Hall–Kier alpha value is -2.88. The number of carbonyl (C=O) groups excluding carboxylic acids is 1. The maximum absolute atomic E-state index is 12.8. The van der Waals surface area contributed by atoms with Gasteiger partial charge in [-0.05, 0) is 62.2 Å². The number of hydrogen-bond acceptors (Lipinski definition) is 3. The van der Waals surface area contributed by atoms with Crippen LogP contribution in [0.2, 0.25) is 0 Å². The van der Waals surface area contributed by atoms with Crippen LogP contribution in [0, 0.1) is 6.92 Å². The lowest BCUT2D eigenvalue weighted by Crippen LogP contribution is -2.26. The van der Waals surface area contributed by atoms with Gasteiger partial charge in [0.2, 0.25) is 0 Å². The molecule has 152 valence electrons. The van der Waals surface area contributed by atoms with Gasteiger partial charge in [-0.25, -0.2) is 0 Å². The number of aromatic nitrogens is 1. The largest absolute Gasteiger partial charge is 0.385 e. The van der Waals surface area contributed by atoms with Crippen molar-refractivity contribution in [2.75, 3.05) is 11.9 Å². The van der Waals surface area contributed by atoms with Gasteiger partial charge < -0.3 is 10.6 Å². The zero-order valence-corrected chi connectivity index (χ0v) is 18.3. The minimum absolute atomic E-state index is 0.00000290. The lowest BCUT2D eigenvalue weighted by atomic mass is 9.91. The fraction of sp³-hybridized carbons (Fsp3) is 0.360. The molecule has 2 aromatic carbocycles. The monoisotopic (exact) mass is 389 g/mol. The Balaban J connectivity index is 1.77. The number of pyridine rings is 1. The van der Waals surface area contributed by atoms with Gasteiger partial charge >= 0.3 is 0 Å². The van der Waals surface area contributed by atoms with Gasteiger partial charge in [-0.15, -0.1) is 0 Å². The minimum Gasteiger partial charge on any atom is -0.385 e. The lowest BCUT2D eigenvalue weighted by Gasteiger charge is -2.18. The Kier molecular flexibility index (Phi) is 5.92. The molecule has 0 aliphatic carbocycles. The van der Waals surface area contributed by atoms with Crippen LogP contribution in [-0.2, 0) is 5.41 Å². The maximum atomic E-state index is 12.8. The van der Waals surface area contributed by atoms with Crippen molar-refractivity contribution in [2.24, 2.45) is 0 Å². The van der Waals surface area contributed by atoms with Crippen molar-refractivity contribution in [1.82, 2.24) is 10.3 Å². The number of amides is 1. The zero-order chi connectivity index (χ0) is 21.2. The first-order chi connectivity index (χ1) is 13.7. The molecular formula is C25H31N3O. The molecule has 0 aliphatic heterocycles. The smallest absolute Gasteiger partial charge is 0.251 e. The summed E-state index contributed by atoms with van der Waals surface area (Å²) in [5, 5.41) is 7.43. The fourth-order valence-corrected chi connectivity index (χ4v) is 3.39. The van der Waals surface area contributed by atoms with E-state index in [0.717, 1.165) is 34.4 Å². The van der Waals surface area contributed by atoms with Gasteiger partial charge in [0.1, 0.15) is 0 Å². The van der Waals surface area contributed by atoms with Crippen molar-refractivity contribution in [3.63, 3.8) is 0 Å². The van der Waals surface area contributed by atoms with Gasteiger partial charge in [-0.1, -0.05) is 39.0 Å². The first-order valence-electron chi connectivity index (χ1n) is 10.3. The quantitative estimate of drug-likeness (QED) is 0.583. The second-order valence-corrected chi connectivity index (χ2v) is 8.65. The molecule has 2 N–H and O–H groups in total. The second kappa shape index (κ2) is 8.24. The molecule has 4 nitrogen and oxygen atoms in total. The highest BCUT2D eigenvalue weighted by atomic mass is 16.1. The predicted molar refractivity (Wildman–Crippen MR) is 122 cm³/mol. The van der Waals surface area contributed by atoms with Gasteiger partial charge in [0.15, 0.2) is 0 Å². The number of anilines is 1. The van der Waals surface area contributed by atoms with E-state index in [1.807, 2.05) is 37.3 Å². The number of nitrogens with one attached hydrogen (secondary N) is 2. The van der Waals surface area contributed by atoms with Gasteiger partial charge in [-0.3, -0.25) is 9.78 Å². The third-order valence-corrected chi connectivity index (χ3v) is 5.19. The molecule has 0 saturated heterocycles. The molecule has 0 bridgehead atoms. The van der Waals surface area contributed by atoms with Crippen LogP contribution in [0.1, 0.15) is 67.8 Å². The molecule has 0 unspecified atom stereocenters. The van der Waals surface area contributed by atoms with Crippen LogP contribution >= 0.6 is 0 Å². The molecule has 1 atom stereocenters. The van der Waals surface area contributed by atoms with Crippen molar-refractivity contribution in [2.45, 2.75) is 53.0 Å². The van der Waals surface area contributed by atoms with E-state index in [4.69, 9.17) is 4.98 Å². The number of hydrogen-bond donors (Lipinski definition) is 2. The molecule has 1 aromatic heterocycles. The normalized spacial score (nSPS) is 12.6. The highest BCUT2D eigenvalue weighted by molar-refractivity contribution is 5.98. The molecule has 0 saturated carbocycles. The molecule has 0 spiro atoms. The molecule has 1 amide bonds. The van der Waals surface area contributed by atoms with E-state index >= 15 is 0 Å². The third kappa shape index (κ3) is 4.76. The molecule has 3 rings (SSSR count). The van der Waals surface area contributed by atoms with Crippen LogP contribution in [0.4, 0.5) is 5.69 Å². The predicted octanol–water partition coefficient (Wildman–Crippen LogP) is 5.76. The highest BCUT2D eigenvalue weighted by Crippen LogP contribution is 2.24. The number of aryl methyl sites for hydroxylation is 1. The first-order valence-corrected chi connectivity index (χ1v) is 10.3. The molecule has 0 radical (unpaired) electrons. The number of benzene rings is 2. The maximum Gasteiger partial charge on any atom is 0.251 e. The molecule has 0 fully saturated rings. The SMILES string of the molecule is CCNc1ccc([C@@H](C)NC(=O)c2ccc3nc(C(C)(C)C)ccc3c2)cc1C. The van der Waals surface area contributed by atoms with Gasteiger partial charge in [0.05, 0.1) is 11.6 Å². The van der Waals surface area contributed by atoms with Crippen LogP contribution in [0.25, 0.3) is 10.9 Å². The molecule has 29 heavy (non-hydrogen) atoms. The van der Waals surface area contributed by atoms with E-state index in [-0.39, 0.29) is 17.4 Å². The Morgan fingerprint density at radius 1 is 1.07 bits per heavy atom. The summed E-state index contributed by atoms with van der Waals surface area (Å²) >= 11 is 0. The molecular weight excluding hydrogens is 358 g/mol. The average Bonchev–Trinajstić information content (AvgIpc) is 2.68. The lowest BCUT2D eigenvalue weighted by molar-refractivity contribution is 0.0940. The Morgan fingerprint density at radius 2 is 1.83 bits per heavy atom. The van der Waals surface area contributed by atoms with Gasteiger partial charge in [0.25, 0.3) is 5.91 Å². The van der Waals surface area contributed by atoms with E-state index in [0.29, 0.717) is 5.56 Å². The molecule has 1 heterocycles. The fourth-order valence-electron chi connectivity index (χ4n) is 3.39. The molecule has 0 aliphatic rings. The van der Waals surface area contributed by atoms with Crippen molar-refractivity contribution < 1.29 is 4.79 Å². The topological polar surface area (TPSA) is 54.0 Å².